The molecule has 96 valence electrons. The lowest BCUT2D eigenvalue weighted by Gasteiger charge is -2.26. The maximum atomic E-state index is 13.3. The first-order valence-electron chi connectivity index (χ1n) is 5.79. The molecule has 3 nitrogen and oxygen atoms in total. The standard InChI is InChI=1S/C13H20FNO2/c1-4-9(8-16)13(15-2)11-7-10(14)5-6-12(11)17-3/h5-7,9,13,15-16H,4,8H2,1-3H3. The van der Waals surface area contributed by atoms with Crippen LogP contribution in [0.5, 0.6) is 5.75 Å². The van der Waals surface area contributed by atoms with E-state index in [1.165, 1.54) is 12.1 Å². The fourth-order valence-electron chi connectivity index (χ4n) is 2.06. The molecule has 0 aliphatic rings. The van der Waals surface area contributed by atoms with Crippen molar-refractivity contribution in [3.8, 4) is 5.75 Å². The number of nitrogens with one attached hydrogen (secondary N) is 1. The predicted molar refractivity (Wildman–Crippen MR) is 65.6 cm³/mol. The number of aliphatic hydroxyl groups is 1. The highest BCUT2D eigenvalue weighted by Gasteiger charge is 2.23. The van der Waals surface area contributed by atoms with Crippen molar-refractivity contribution < 1.29 is 14.2 Å². The second-order valence-corrected chi connectivity index (χ2v) is 4.00. The first-order valence-corrected chi connectivity index (χ1v) is 5.79. The van der Waals surface area contributed by atoms with Crippen molar-refractivity contribution in [2.75, 3.05) is 20.8 Å². The van der Waals surface area contributed by atoms with Crippen LogP contribution in [-0.4, -0.2) is 25.9 Å². The van der Waals surface area contributed by atoms with Crippen molar-refractivity contribution in [1.29, 1.82) is 0 Å². The first kappa shape index (κ1) is 13.9. The summed E-state index contributed by atoms with van der Waals surface area (Å²) in [5.74, 6) is 0.377. The summed E-state index contributed by atoms with van der Waals surface area (Å²) < 4.78 is 18.5. The number of ether oxygens (including phenoxy) is 1. The summed E-state index contributed by atoms with van der Waals surface area (Å²) >= 11 is 0. The molecular formula is C13H20FNO2. The van der Waals surface area contributed by atoms with Crippen LogP contribution in [0.3, 0.4) is 0 Å². The van der Waals surface area contributed by atoms with E-state index in [-0.39, 0.29) is 24.4 Å². The van der Waals surface area contributed by atoms with E-state index >= 15 is 0 Å². The van der Waals surface area contributed by atoms with Crippen LogP contribution in [0.25, 0.3) is 0 Å². The van der Waals surface area contributed by atoms with Gasteiger partial charge in [0.1, 0.15) is 11.6 Å². The number of aliphatic hydroxyl groups excluding tert-OH is 1. The third-order valence-corrected chi connectivity index (χ3v) is 3.07. The molecular weight excluding hydrogens is 221 g/mol. The Morgan fingerprint density at radius 3 is 2.65 bits per heavy atom. The van der Waals surface area contributed by atoms with E-state index in [0.717, 1.165) is 12.0 Å². The van der Waals surface area contributed by atoms with Gasteiger partial charge in [-0.1, -0.05) is 6.92 Å². The number of methoxy groups -OCH3 is 1. The fraction of sp³-hybridized carbons (Fsp3) is 0.538. The van der Waals surface area contributed by atoms with Gasteiger partial charge in [0.05, 0.1) is 7.11 Å². The maximum absolute atomic E-state index is 13.3. The highest BCUT2D eigenvalue weighted by Crippen LogP contribution is 2.31. The number of hydrogen-bond donors (Lipinski definition) is 2. The van der Waals surface area contributed by atoms with Crippen LogP contribution in [0, 0.1) is 11.7 Å². The topological polar surface area (TPSA) is 41.5 Å². The van der Waals surface area contributed by atoms with Gasteiger partial charge in [-0.25, -0.2) is 4.39 Å². The highest BCUT2D eigenvalue weighted by atomic mass is 19.1. The smallest absolute Gasteiger partial charge is 0.123 e. The van der Waals surface area contributed by atoms with Gasteiger partial charge in [-0.15, -0.1) is 0 Å². The van der Waals surface area contributed by atoms with Gasteiger partial charge in [0.2, 0.25) is 0 Å². The molecule has 1 aromatic carbocycles. The van der Waals surface area contributed by atoms with Gasteiger partial charge in [0.25, 0.3) is 0 Å². The SMILES string of the molecule is CCC(CO)C(NC)c1cc(F)ccc1OC. The molecule has 0 aromatic heterocycles. The van der Waals surface area contributed by atoms with E-state index in [0.29, 0.717) is 5.75 Å². The van der Waals surface area contributed by atoms with Crippen LogP contribution < -0.4 is 10.1 Å². The van der Waals surface area contributed by atoms with E-state index in [9.17, 15) is 9.50 Å². The minimum Gasteiger partial charge on any atom is -0.496 e. The second-order valence-electron chi connectivity index (χ2n) is 4.00. The van der Waals surface area contributed by atoms with Crippen LogP contribution >= 0.6 is 0 Å². The molecule has 0 amide bonds. The normalized spacial score (nSPS) is 14.4. The van der Waals surface area contributed by atoms with Gasteiger partial charge in [0, 0.05) is 24.1 Å². The molecule has 0 saturated carbocycles. The molecule has 1 rings (SSSR count). The van der Waals surface area contributed by atoms with E-state index in [1.54, 1.807) is 20.2 Å². The number of hydrogen-bond acceptors (Lipinski definition) is 3. The van der Waals surface area contributed by atoms with Gasteiger partial charge in [-0.2, -0.15) is 0 Å². The quantitative estimate of drug-likeness (QED) is 0.801. The molecule has 0 radical (unpaired) electrons. The number of rotatable bonds is 6. The van der Waals surface area contributed by atoms with Crippen molar-refractivity contribution in [2.24, 2.45) is 5.92 Å². The summed E-state index contributed by atoms with van der Waals surface area (Å²) in [6, 6.07) is 4.32. The van der Waals surface area contributed by atoms with Gasteiger partial charge < -0.3 is 15.2 Å². The minimum atomic E-state index is -0.297. The van der Waals surface area contributed by atoms with E-state index < -0.39 is 0 Å². The highest BCUT2D eigenvalue weighted by molar-refractivity contribution is 5.37. The molecule has 1 aromatic rings. The molecule has 4 heteroatoms. The van der Waals surface area contributed by atoms with Crippen molar-refractivity contribution in [3.05, 3.63) is 29.6 Å². The summed E-state index contributed by atoms with van der Waals surface area (Å²) in [4.78, 5) is 0. The lowest BCUT2D eigenvalue weighted by molar-refractivity contribution is 0.187. The summed E-state index contributed by atoms with van der Waals surface area (Å²) in [5, 5.41) is 12.5. The maximum Gasteiger partial charge on any atom is 0.123 e. The molecule has 0 heterocycles. The monoisotopic (exact) mass is 241 g/mol. The van der Waals surface area contributed by atoms with Crippen molar-refractivity contribution in [1.82, 2.24) is 5.32 Å². The van der Waals surface area contributed by atoms with Gasteiger partial charge in [-0.05, 0) is 31.7 Å². The van der Waals surface area contributed by atoms with Crippen molar-refractivity contribution in [2.45, 2.75) is 19.4 Å². The van der Waals surface area contributed by atoms with Gasteiger partial charge >= 0.3 is 0 Å². The van der Waals surface area contributed by atoms with Crippen LogP contribution in [0.15, 0.2) is 18.2 Å². The molecule has 2 unspecified atom stereocenters. The summed E-state index contributed by atoms with van der Waals surface area (Å²) in [6.07, 6.45) is 0.807. The molecule has 2 atom stereocenters. The Morgan fingerprint density at radius 1 is 1.47 bits per heavy atom. The number of halogens is 1. The summed E-state index contributed by atoms with van der Waals surface area (Å²) in [5.41, 5.74) is 0.746. The van der Waals surface area contributed by atoms with Crippen LogP contribution in [0.4, 0.5) is 4.39 Å². The molecule has 2 N–H and O–H groups in total. The average molecular weight is 241 g/mol. The Labute approximate surface area is 102 Å². The third kappa shape index (κ3) is 3.17. The second kappa shape index (κ2) is 6.57. The third-order valence-electron chi connectivity index (χ3n) is 3.07. The molecule has 0 aliphatic heterocycles. The summed E-state index contributed by atoms with van der Waals surface area (Å²) in [6.45, 7) is 2.05. The Balaban J connectivity index is 3.13. The lowest BCUT2D eigenvalue weighted by Crippen LogP contribution is -2.27. The predicted octanol–water partition coefficient (Wildman–Crippen LogP) is 2.11. The molecule has 0 spiro atoms. The Bertz CT molecular complexity index is 353. The van der Waals surface area contributed by atoms with E-state index in [4.69, 9.17) is 4.74 Å². The molecule has 0 aliphatic carbocycles. The molecule has 0 bridgehead atoms. The zero-order valence-electron chi connectivity index (χ0n) is 10.5. The average Bonchev–Trinajstić information content (AvgIpc) is 2.35. The van der Waals surface area contributed by atoms with Gasteiger partial charge in [0.15, 0.2) is 0 Å². The van der Waals surface area contributed by atoms with Gasteiger partial charge in [-0.3, -0.25) is 0 Å². The zero-order valence-corrected chi connectivity index (χ0v) is 10.5. The lowest BCUT2D eigenvalue weighted by atomic mass is 9.91. The molecule has 17 heavy (non-hydrogen) atoms. The van der Waals surface area contributed by atoms with E-state index in [2.05, 4.69) is 5.32 Å². The van der Waals surface area contributed by atoms with Crippen molar-refractivity contribution >= 4 is 0 Å². The van der Waals surface area contributed by atoms with Crippen LogP contribution in [0.2, 0.25) is 0 Å². The Hall–Kier alpha value is -1.13. The molecule has 0 saturated heterocycles. The largest absolute Gasteiger partial charge is 0.496 e. The number of benzene rings is 1. The molecule has 0 fully saturated rings. The Morgan fingerprint density at radius 2 is 2.18 bits per heavy atom. The fourth-order valence-corrected chi connectivity index (χ4v) is 2.06. The van der Waals surface area contributed by atoms with Crippen LogP contribution in [0.1, 0.15) is 24.9 Å². The van der Waals surface area contributed by atoms with Crippen LogP contribution in [-0.2, 0) is 0 Å². The summed E-state index contributed by atoms with van der Waals surface area (Å²) in [7, 11) is 3.36. The Kier molecular flexibility index (Phi) is 5.38. The van der Waals surface area contributed by atoms with E-state index in [1.807, 2.05) is 6.92 Å². The van der Waals surface area contributed by atoms with Crippen molar-refractivity contribution in [3.63, 3.8) is 0 Å². The minimum absolute atomic E-state index is 0.0377. The first-order chi connectivity index (χ1) is 8.17. The zero-order chi connectivity index (χ0) is 12.8.